The maximum atomic E-state index is 8.81. The summed E-state index contributed by atoms with van der Waals surface area (Å²) in [5.74, 6) is 0.730. The first-order chi connectivity index (χ1) is 7.70. The molecular formula is C11H13ClN4. The van der Waals surface area contributed by atoms with Gasteiger partial charge in [-0.2, -0.15) is 5.26 Å². The number of rotatable bonds is 1. The Labute approximate surface area is 100 Å². The molecule has 2 rings (SSSR count). The first-order valence-electron chi connectivity index (χ1n) is 5.21. The molecule has 0 amide bonds. The SMILES string of the molecule is CN1CCN(c2nc(C#N)ccc2Cl)CC1. The Morgan fingerprint density at radius 3 is 2.62 bits per heavy atom. The first-order valence-corrected chi connectivity index (χ1v) is 5.58. The number of nitrogens with zero attached hydrogens (tertiary/aromatic N) is 4. The number of hydrogen-bond acceptors (Lipinski definition) is 4. The Balaban J connectivity index is 2.23. The van der Waals surface area contributed by atoms with E-state index in [1.165, 1.54) is 0 Å². The van der Waals surface area contributed by atoms with Crippen LogP contribution in [0.2, 0.25) is 5.02 Å². The Kier molecular flexibility index (Phi) is 3.28. The minimum atomic E-state index is 0.415. The van der Waals surface area contributed by atoms with Crippen molar-refractivity contribution in [2.45, 2.75) is 0 Å². The molecule has 0 spiro atoms. The predicted octanol–water partition coefficient (Wildman–Crippen LogP) is 1.36. The Bertz CT molecular complexity index is 418. The van der Waals surface area contributed by atoms with E-state index in [1.807, 2.05) is 6.07 Å². The van der Waals surface area contributed by atoms with Crippen LogP contribution in [0, 0.1) is 11.3 Å². The summed E-state index contributed by atoms with van der Waals surface area (Å²) < 4.78 is 0. The maximum Gasteiger partial charge on any atom is 0.149 e. The van der Waals surface area contributed by atoms with Crippen molar-refractivity contribution in [1.82, 2.24) is 9.88 Å². The molecule has 0 aliphatic carbocycles. The van der Waals surface area contributed by atoms with E-state index in [0.717, 1.165) is 32.0 Å². The number of pyridine rings is 1. The van der Waals surface area contributed by atoms with Crippen LogP contribution < -0.4 is 4.90 Å². The molecule has 1 fully saturated rings. The summed E-state index contributed by atoms with van der Waals surface area (Å²) in [5, 5.41) is 9.43. The zero-order valence-electron chi connectivity index (χ0n) is 9.15. The molecule has 0 saturated carbocycles. The molecule has 0 aromatic carbocycles. The second-order valence-electron chi connectivity index (χ2n) is 3.90. The monoisotopic (exact) mass is 236 g/mol. The van der Waals surface area contributed by atoms with E-state index >= 15 is 0 Å². The molecule has 1 saturated heterocycles. The smallest absolute Gasteiger partial charge is 0.149 e. The van der Waals surface area contributed by atoms with E-state index in [1.54, 1.807) is 12.1 Å². The minimum absolute atomic E-state index is 0.415. The van der Waals surface area contributed by atoms with E-state index in [9.17, 15) is 0 Å². The number of likely N-dealkylation sites (N-methyl/N-ethyl adjacent to an activating group) is 1. The molecule has 4 nitrogen and oxygen atoms in total. The highest BCUT2D eigenvalue weighted by molar-refractivity contribution is 6.32. The van der Waals surface area contributed by atoms with E-state index in [2.05, 4.69) is 21.8 Å². The summed E-state index contributed by atoms with van der Waals surface area (Å²) >= 11 is 6.10. The highest BCUT2D eigenvalue weighted by Gasteiger charge is 2.17. The average Bonchev–Trinajstić information content (AvgIpc) is 2.31. The molecule has 16 heavy (non-hydrogen) atoms. The molecule has 0 radical (unpaired) electrons. The van der Waals surface area contributed by atoms with Gasteiger partial charge < -0.3 is 9.80 Å². The number of piperazine rings is 1. The molecule has 0 atom stereocenters. The fourth-order valence-electron chi connectivity index (χ4n) is 1.73. The lowest BCUT2D eigenvalue weighted by atomic mass is 10.3. The molecule has 1 aliphatic rings. The third kappa shape index (κ3) is 2.26. The van der Waals surface area contributed by atoms with Crippen LogP contribution in [-0.4, -0.2) is 43.1 Å². The van der Waals surface area contributed by atoms with Gasteiger partial charge in [0.25, 0.3) is 0 Å². The quantitative estimate of drug-likeness (QED) is 0.739. The van der Waals surface area contributed by atoms with Gasteiger partial charge in [0.15, 0.2) is 0 Å². The first kappa shape index (κ1) is 11.2. The van der Waals surface area contributed by atoms with Crippen molar-refractivity contribution in [3.63, 3.8) is 0 Å². The molecule has 2 heterocycles. The number of aromatic nitrogens is 1. The standard InChI is InChI=1S/C11H13ClN4/c1-15-4-6-16(7-5-15)11-10(12)3-2-9(8-13)14-11/h2-3H,4-7H2,1H3. The molecular weight excluding hydrogens is 224 g/mol. The van der Waals surface area contributed by atoms with Crippen molar-refractivity contribution in [2.24, 2.45) is 0 Å². The van der Waals surface area contributed by atoms with E-state index in [4.69, 9.17) is 16.9 Å². The van der Waals surface area contributed by atoms with Crippen molar-refractivity contribution < 1.29 is 0 Å². The van der Waals surface area contributed by atoms with Crippen molar-refractivity contribution in [3.05, 3.63) is 22.8 Å². The van der Waals surface area contributed by atoms with E-state index in [0.29, 0.717) is 10.7 Å². The molecule has 1 aliphatic heterocycles. The normalized spacial score (nSPS) is 17.2. The van der Waals surface area contributed by atoms with Crippen LogP contribution in [0.3, 0.4) is 0 Å². The molecule has 84 valence electrons. The van der Waals surface area contributed by atoms with E-state index in [-0.39, 0.29) is 0 Å². The lowest BCUT2D eigenvalue weighted by Crippen LogP contribution is -2.45. The predicted molar refractivity (Wildman–Crippen MR) is 63.7 cm³/mol. The number of halogens is 1. The molecule has 5 heteroatoms. The van der Waals surface area contributed by atoms with Gasteiger partial charge in [0, 0.05) is 26.2 Å². The summed E-state index contributed by atoms with van der Waals surface area (Å²) in [6, 6.07) is 5.41. The van der Waals surface area contributed by atoms with Gasteiger partial charge in [-0.05, 0) is 19.2 Å². The summed E-state index contributed by atoms with van der Waals surface area (Å²) in [5.41, 5.74) is 0.415. The van der Waals surface area contributed by atoms with Crippen LogP contribution in [0.5, 0.6) is 0 Å². The Morgan fingerprint density at radius 1 is 1.31 bits per heavy atom. The lowest BCUT2D eigenvalue weighted by molar-refractivity contribution is 0.312. The van der Waals surface area contributed by atoms with Crippen LogP contribution in [0.15, 0.2) is 12.1 Å². The lowest BCUT2D eigenvalue weighted by Gasteiger charge is -2.33. The second-order valence-corrected chi connectivity index (χ2v) is 4.31. The zero-order chi connectivity index (χ0) is 11.5. The molecule has 1 aromatic heterocycles. The Morgan fingerprint density at radius 2 is 2.00 bits per heavy atom. The maximum absolute atomic E-state index is 8.81. The van der Waals surface area contributed by atoms with Gasteiger partial charge in [0.05, 0.1) is 5.02 Å². The van der Waals surface area contributed by atoms with Gasteiger partial charge in [0.1, 0.15) is 17.6 Å². The summed E-state index contributed by atoms with van der Waals surface area (Å²) in [7, 11) is 2.10. The van der Waals surface area contributed by atoms with Crippen LogP contribution in [-0.2, 0) is 0 Å². The summed E-state index contributed by atoms with van der Waals surface area (Å²) in [6.07, 6.45) is 0. The number of hydrogen-bond donors (Lipinski definition) is 0. The zero-order valence-corrected chi connectivity index (χ0v) is 9.91. The average molecular weight is 237 g/mol. The van der Waals surface area contributed by atoms with Gasteiger partial charge in [0.2, 0.25) is 0 Å². The molecule has 0 unspecified atom stereocenters. The van der Waals surface area contributed by atoms with Gasteiger partial charge in [-0.25, -0.2) is 4.98 Å². The van der Waals surface area contributed by atoms with Crippen LogP contribution in [0.1, 0.15) is 5.69 Å². The Hall–Kier alpha value is -1.31. The topological polar surface area (TPSA) is 43.2 Å². The highest BCUT2D eigenvalue weighted by Crippen LogP contribution is 2.24. The van der Waals surface area contributed by atoms with Crippen molar-refractivity contribution >= 4 is 17.4 Å². The fourth-order valence-corrected chi connectivity index (χ4v) is 1.96. The fraction of sp³-hybridized carbons (Fsp3) is 0.455. The van der Waals surface area contributed by atoms with Gasteiger partial charge >= 0.3 is 0 Å². The van der Waals surface area contributed by atoms with Gasteiger partial charge in [-0.15, -0.1) is 0 Å². The summed E-state index contributed by atoms with van der Waals surface area (Å²) in [4.78, 5) is 8.64. The third-order valence-corrected chi connectivity index (χ3v) is 3.04. The second kappa shape index (κ2) is 4.69. The van der Waals surface area contributed by atoms with Crippen molar-refractivity contribution in [2.75, 3.05) is 38.1 Å². The largest absolute Gasteiger partial charge is 0.353 e. The minimum Gasteiger partial charge on any atom is -0.353 e. The number of nitriles is 1. The van der Waals surface area contributed by atoms with Gasteiger partial charge in [-0.1, -0.05) is 11.6 Å². The number of anilines is 1. The molecule has 1 aromatic rings. The van der Waals surface area contributed by atoms with Crippen molar-refractivity contribution in [1.29, 1.82) is 5.26 Å². The summed E-state index contributed by atoms with van der Waals surface area (Å²) in [6.45, 7) is 3.79. The molecule has 0 bridgehead atoms. The van der Waals surface area contributed by atoms with Crippen LogP contribution in [0.25, 0.3) is 0 Å². The molecule has 0 N–H and O–H groups in total. The third-order valence-electron chi connectivity index (χ3n) is 2.74. The van der Waals surface area contributed by atoms with Crippen molar-refractivity contribution in [3.8, 4) is 6.07 Å². The highest BCUT2D eigenvalue weighted by atomic mass is 35.5. The van der Waals surface area contributed by atoms with Crippen LogP contribution >= 0.6 is 11.6 Å². The van der Waals surface area contributed by atoms with E-state index < -0.39 is 0 Å². The van der Waals surface area contributed by atoms with Gasteiger partial charge in [-0.3, -0.25) is 0 Å². The van der Waals surface area contributed by atoms with Crippen LogP contribution in [0.4, 0.5) is 5.82 Å².